The van der Waals surface area contributed by atoms with E-state index in [-0.39, 0.29) is 0 Å². The monoisotopic (exact) mass is 229 g/mol. The van der Waals surface area contributed by atoms with Crippen LogP contribution in [0.3, 0.4) is 0 Å². The number of unbranched alkanes of at least 4 members (excludes halogenated alkanes) is 5. The minimum absolute atomic E-state index is 0.725. The molecule has 0 aromatic carbocycles. The Morgan fingerprint density at radius 3 is 2.19 bits per heavy atom. The number of nitrogens with zero attached hydrogens (tertiary/aromatic N) is 1. The van der Waals surface area contributed by atoms with Crippen LogP contribution < -0.4 is 0 Å². The summed E-state index contributed by atoms with van der Waals surface area (Å²) in [4.78, 5) is 2.43. The zero-order chi connectivity index (χ0) is 11.9. The summed E-state index contributed by atoms with van der Waals surface area (Å²) in [5.41, 5.74) is -0.891. The first-order valence-electron chi connectivity index (χ1n) is 7.05. The molecule has 1 nitrogen and oxygen atoms in total. The topological polar surface area (TPSA) is 3.24 Å². The molecular weight excluding hydrogens is 201 g/mol. The molecule has 1 aliphatic heterocycles. The summed E-state index contributed by atoms with van der Waals surface area (Å²) in [5, 5.41) is 0. The van der Waals surface area contributed by atoms with Crippen molar-refractivity contribution in [3.8, 4) is 0 Å². The van der Waals surface area contributed by atoms with Crippen molar-refractivity contribution < 1.29 is 4.39 Å². The van der Waals surface area contributed by atoms with E-state index in [1.165, 1.54) is 45.1 Å². The average molecular weight is 229 g/mol. The lowest BCUT2D eigenvalue weighted by Crippen LogP contribution is -2.40. The second-order valence-electron chi connectivity index (χ2n) is 5.52. The van der Waals surface area contributed by atoms with Crippen LogP contribution in [0, 0.1) is 0 Å². The van der Waals surface area contributed by atoms with Gasteiger partial charge < -0.3 is 4.90 Å². The standard InChI is InChI=1S/C14H28FN/c1-3-4-5-6-7-8-11-16-12-9-14(2,15)10-13-16/h3-13H2,1-2H3. The lowest BCUT2D eigenvalue weighted by atomic mass is 9.95. The summed E-state index contributed by atoms with van der Waals surface area (Å²) in [5.74, 6) is 0. The van der Waals surface area contributed by atoms with E-state index < -0.39 is 5.67 Å². The van der Waals surface area contributed by atoms with Crippen LogP contribution in [0.1, 0.15) is 65.2 Å². The fourth-order valence-corrected chi connectivity index (χ4v) is 2.36. The highest BCUT2D eigenvalue weighted by molar-refractivity contribution is 4.81. The largest absolute Gasteiger partial charge is 0.303 e. The zero-order valence-electron chi connectivity index (χ0n) is 11.1. The van der Waals surface area contributed by atoms with Crippen molar-refractivity contribution in [3.63, 3.8) is 0 Å². The Kier molecular flexibility index (Phi) is 6.33. The number of piperidine rings is 1. The van der Waals surface area contributed by atoms with Gasteiger partial charge in [-0.2, -0.15) is 0 Å². The zero-order valence-corrected chi connectivity index (χ0v) is 11.1. The first-order valence-corrected chi connectivity index (χ1v) is 7.05. The minimum atomic E-state index is -0.891. The van der Waals surface area contributed by atoms with E-state index in [1.807, 2.05) is 0 Å². The van der Waals surface area contributed by atoms with Crippen molar-refractivity contribution in [2.75, 3.05) is 19.6 Å². The van der Waals surface area contributed by atoms with Crippen molar-refractivity contribution in [1.82, 2.24) is 4.90 Å². The molecule has 1 aliphatic rings. The highest BCUT2D eigenvalue weighted by Crippen LogP contribution is 2.25. The summed E-state index contributed by atoms with van der Waals surface area (Å²) in [6.45, 7) is 7.10. The highest BCUT2D eigenvalue weighted by atomic mass is 19.1. The molecule has 0 aromatic heterocycles. The summed E-state index contributed by atoms with van der Waals surface area (Å²) < 4.78 is 13.5. The van der Waals surface area contributed by atoms with Crippen molar-refractivity contribution in [2.24, 2.45) is 0 Å². The Morgan fingerprint density at radius 1 is 1.00 bits per heavy atom. The number of alkyl halides is 1. The Labute approximate surface area is 100 Å². The lowest BCUT2D eigenvalue weighted by Gasteiger charge is -2.34. The molecule has 0 saturated carbocycles. The van der Waals surface area contributed by atoms with Gasteiger partial charge in [-0.3, -0.25) is 0 Å². The first-order chi connectivity index (χ1) is 7.64. The summed E-state index contributed by atoms with van der Waals surface area (Å²) in [7, 11) is 0. The smallest absolute Gasteiger partial charge is 0.110 e. The van der Waals surface area contributed by atoms with E-state index in [0.29, 0.717) is 0 Å². The van der Waals surface area contributed by atoms with E-state index in [1.54, 1.807) is 6.92 Å². The molecule has 1 rings (SSSR count). The maximum absolute atomic E-state index is 13.5. The summed E-state index contributed by atoms with van der Waals surface area (Å²) in [6, 6.07) is 0. The second kappa shape index (κ2) is 7.26. The number of rotatable bonds is 7. The molecule has 0 atom stereocenters. The third-order valence-electron chi connectivity index (χ3n) is 3.73. The maximum atomic E-state index is 13.5. The van der Waals surface area contributed by atoms with Gasteiger partial charge in [-0.05, 0) is 32.7 Å². The van der Waals surface area contributed by atoms with Crippen LogP contribution in [-0.2, 0) is 0 Å². The number of halogens is 1. The average Bonchev–Trinajstić information content (AvgIpc) is 2.25. The van der Waals surface area contributed by atoms with Gasteiger partial charge in [0.25, 0.3) is 0 Å². The van der Waals surface area contributed by atoms with Crippen molar-refractivity contribution in [3.05, 3.63) is 0 Å². The van der Waals surface area contributed by atoms with Crippen LogP contribution in [-0.4, -0.2) is 30.2 Å². The van der Waals surface area contributed by atoms with Crippen LogP contribution in [0.2, 0.25) is 0 Å². The van der Waals surface area contributed by atoms with E-state index in [0.717, 1.165) is 25.9 Å². The third kappa shape index (κ3) is 5.83. The van der Waals surface area contributed by atoms with Crippen LogP contribution in [0.5, 0.6) is 0 Å². The molecule has 0 N–H and O–H groups in total. The van der Waals surface area contributed by atoms with Gasteiger partial charge in [-0.1, -0.05) is 39.0 Å². The normalized spacial score (nSPS) is 21.2. The lowest BCUT2D eigenvalue weighted by molar-refractivity contribution is 0.0733. The predicted molar refractivity (Wildman–Crippen MR) is 68.6 cm³/mol. The molecule has 0 spiro atoms. The maximum Gasteiger partial charge on any atom is 0.110 e. The van der Waals surface area contributed by atoms with Gasteiger partial charge in [-0.25, -0.2) is 4.39 Å². The molecule has 0 unspecified atom stereocenters. The third-order valence-corrected chi connectivity index (χ3v) is 3.73. The van der Waals surface area contributed by atoms with Crippen LogP contribution in [0.4, 0.5) is 4.39 Å². The molecule has 1 heterocycles. The SMILES string of the molecule is CCCCCCCCN1CCC(C)(F)CC1. The number of hydrogen-bond acceptors (Lipinski definition) is 1. The van der Waals surface area contributed by atoms with Crippen molar-refractivity contribution in [1.29, 1.82) is 0 Å². The fraction of sp³-hybridized carbons (Fsp3) is 1.00. The van der Waals surface area contributed by atoms with Crippen molar-refractivity contribution >= 4 is 0 Å². The van der Waals surface area contributed by atoms with Crippen LogP contribution in [0.25, 0.3) is 0 Å². The summed E-state index contributed by atoms with van der Waals surface area (Å²) >= 11 is 0. The number of hydrogen-bond donors (Lipinski definition) is 0. The molecule has 0 amide bonds. The van der Waals surface area contributed by atoms with Gasteiger partial charge in [0.05, 0.1) is 0 Å². The van der Waals surface area contributed by atoms with E-state index in [2.05, 4.69) is 11.8 Å². The van der Waals surface area contributed by atoms with Gasteiger partial charge in [0.15, 0.2) is 0 Å². The van der Waals surface area contributed by atoms with Crippen LogP contribution >= 0.6 is 0 Å². The number of likely N-dealkylation sites (tertiary alicyclic amines) is 1. The second-order valence-corrected chi connectivity index (χ2v) is 5.52. The van der Waals surface area contributed by atoms with Gasteiger partial charge in [0, 0.05) is 13.1 Å². The van der Waals surface area contributed by atoms with E-state index in [9.17, 15) is 4.39 Å². The Hall–Kier alpha value is -0.110. The Balaban J connectivity index is 1.94. The molecule has 0 aliphatic carbocycles. The molecular formula is C14H28FN. The van der Waals surface area contributed by atoms with E-state index >= 15 is 0 Å². The van der Waals surface area contributed by atoms with Gasteiger partial charge in [0.1, 0.15) is 5.67 Å². The van der Waals surface area contributed by atoms with Gasteiger partial charge in [0.2, 0.25) is 0 Å². The van der Waals surface area contributed by atoms with Crippen molar-refractivity contribution in [2.45, 2.75) is 70.9 Å². The quantitative estimate of drug-likeness (QED) is 0.592. The predicted octanol–water partition coefficient (Wildman–Crippen LogP) is 4.17. The molecule has 2 heteroatoms. The molecule has 0 bridgehead atoms. The molecule has 0 radical (unpaired) electrons. The Bertz CT molecular complexity index is 170. The minimum Gasteiger partial charge on any atom is -0.303 e. The Morgan fingerprint density at radius 2 is 1.56 bits per heavy atom. The van der Waals surface area contributed by atoms with Gasteiger partial charge in [-0.15, -0.1) is 0 Å². The fourth-order valence-electron chi connectivity index (χ4n) is 2.36. The van der Waals surface area contributed by atoms with Crippen LogP contribution in [0.15, 0.2) is 0 Å². The molecule has 1 fully saturated rings. The summed E-state index contributed by atoms with van der Waals surface area (Å²) in [6.07, 6.45) is 9.56. The molecule has 96 valence electrons. The molecule has 1 saturated heterocycles. The first kappa shape index (κ1) is 14.0. The molecule has 16 heavy (non-hydrogen) atoms. The van der Waals surface area contributed by atoms with Gasteiger partial charge >= 0.3 is 0 Å². The van der Waals surface area contributed by atoms with E-state index in [4.69, 9.17) is 0 Å². The molecule has 0 aromatic rings. The highest BCUT2D eigenvalue weighted by Gasteiger charge is 2.28.